The van der Waals surface area contributed by atoms with E-state index in [-0.39, 0.29) is 0 Å². The minimum Gasteiger partial charge on any atom is -0.377 e. The fraction of sp³-hybridized carbons (Fsp3) is 0.533. The van der Waals surface area contributed by atoms with Crippen molar-refractivity contribution in [3.05, 3.63) is 23.8 Å². The van der Waals surface area contributed by atoms with Crippen molar-refractivity contribution in [3.8, 4) is 0 Å². The van der Waals surface area contributed by atoms with Crippen molar-refractivity contribution in [1.82, 2.24) is 9.88 Å². The van der Waals surface area contributed by atoms with Gasteiger partial charge < -0.3 is 10.5 Å². The first-order valence-electron chi connectivity index (χ1n) is 7.23. The number of benzene rings is 1. The minimum atomic E-state index is 0.400. The van der Waals surface area contributed by atoms with Gasteiger partial charge in [-0.25, -0.2) is 4.98 Å². The molecule has 0 radical (unpaired) electrons. The first-order valence-corrected chi connectivity index (χ1v) is 8.05. The highest BCUT2D eigenvalue weighted by molar-refractivity contribution is 7.22. The molecule has 0 bridgehead atoms. The normalized spacial score (nSPS) is 20.6. The molecule has 3 rings (SSSR count). The second-order valence-corrected chi connectivity index (χ2v) is 6.37. The van der Waals surface area contributed by atoms with Crippen LogP contribution in [0.4, 0.5) is 5.13 Å². The number of rotatable bonds is 4. The molecule has 1 aromatic carbocycles. The van der Waals surface area contributed by atoms with Gasteiger partial charge in [0.05, 0.1) is 16.3 Å². The summed E-state index contributed by atoms with van der Waals surface area (Å²) in [4.78, 5) is 6.78. The van der Waals surface area contributed by atoms with Crippen molar-refractivity contribution >= 4 is 26.7 Å². The van der Waals surface area contributed by atoms with E-state index in [9.17, 15) is 0 Å². The van der Waals surface area contributed by atoms with Crippen LogP contribution in [0.5, 0.6) is 0 Å². The quantitative estimate of drug-likeness (QED) is 0.941. The summed E-state index contributed by atoms with van der Waals surface area (Å²) in [6.45, 7) is 6.06. The van der Waals surface area contributed by atoms with Crippen molar-refractivity contribution < 1.29 is 4.74 Å². The molecule has 4 nitrogen and oxygen atoms in total. The summed E-state index contributed by atoms with van der Waals surface area (Å²) >= 11 is 1.56. The van der Waals surface area contributed by atoms with Crippen LogP contribution in [-0.2, 0) is 11.3 Å². The first-order chi connectivity index (χ1) is 9.74. The van der Waals surface area contributed by atoms with Crippen LogP contribution >= 0.6 is 11.3 Å². The molecule has 1 aliphatic rings. The second kappa shape index (κ2) is 6.08. The van der Waals surface area contributed by atoms with Crippen LogP contribution in [0.2, 0.25) is 0 Å². The summed E-state index contributed by atoms with van der Waals surface area (Å²) in [6.07, 6.45) is 2.81. The number of aromatic nitrogens is 1. The molecule has 20 heavy (non-hydrogen) atoms. The van der Waals surface area contributed by atoms with Gasteiger partial charge in [0.1, 0.15) is 0 Å². The van der Waals surface area contributed by atoms with E-state index in [1.165, 1.54) is 23.1 Å². The molecule has 5 heteroatoms. The molecule has 1 aliphatic heterocycles. The van der Waals surface area contributed by atoms with Gasteiger partial charge in [-0.05, 0) is 44.0 Å². The third kappa shape index (κ3) is 3.11. The topological polar surface area (TPSA) is 51.4 Å². The number of likely N-dealkylation sites (tertiary alicyclic amines) is 1. The predicted molar refractivity (Wildman–Crippen MR) is 84.0 cm³/mol. The van der Waals surface area contributed by atoms with E-state index in [4.69, 9.17) is 10.5 Å². The molecule has 108 valence electrons. The lowest BCUT2D eigenvalue weighted by atomic mass is 10.1. The molecule has 1 atom stereocenters. The molecular formula is C15H21N3OS. The highest BCUT2D eigenvalue weighted by Crippen LogP contribution is 2.25. The molecule has 1 fully saturated rings. The summed E-state index contributed by atoms with van der Waals surface area (Å²) in [6, 6.07) is 6.45. The molecule has 2 N–H and O–H groups in total. The maximum Gasteiger partial charge on any atom is 0.181 e. The van der Waals surface area contributed by atoms with E-state index in [1.807, 2.05) is 0 Å². The lowest BCUT2D eigenvalue weighted by Gasteiger charge is -2.32. The Bertz CT molecular complexity index is 582. The standard InChI is InChI=1S/C15H21N3OS/c1-2-19-12-4-3-7-18(10-12)9-11-5-6-13-14(8-11)20-15(16)17-13/h5-6,8,12H,2-4,7,9-10H2,1H3,(H2,16,17). The summed E-state index contributed by atoms with van der Waals surface area (Å²) in [5, 5.41) is 0.645. The number of ether oxygens (including phenoxy) is 1. The number of anilines is 1. The summed E-state index contributed by atoms with van der Waals surface area (Å²) in [5.74, 6) is 0. The van der Waals surface area contributed by atoms with Crippen LogP contribution in [0.3, 0.4) is 0 Å². The number of thiazole rings is 1. The Morgan fingerprint density at radius 2 is 2.40 bits per heavy atom. The fourth-order valence-electron chi connectivity index (χ4n) is 2.87. The highest BCUT2D eigenvalue weighted by Gasteiger charge is 2.20. The number of nitrogen functional groups attached to an aromatic ring is 1. The fourth-order valence-corrected chi connectivity index (χ4v) is 3.67. The van der Waals surface area contributed by atoms with Gasteiger partial charge in [0, 0.05) is 19.7 Å². The molecule has 2 aromatic rings. The van der Waals surface area contributed by atoms with Crippen LogP contribution in [0, 0.1) is 0 Å². The third-order valence-corrected chi connectivity index (χ3v) is 4.59. The number of nitrogens with zero attached hydrogens (tertiary/aromatic N) is 2. The average Bonchev–Trinajstić information content (AvgIpc) is 2.79. The molecule has 0 amide bonds. The zero-order valence-corrected chi connectivity index (χ0v) is 12.7. The van der Waals surface area contributed by atoms with Crippen LogP contribution < -0.4 is 5.73 Å². The van der Waals surface area contributed by atoms with E-state index in [0.29, 0.717) is 11.2 Å². The van der Waals surface area contributed by atoms with Crippen LogP contribution in [-0.4, -0.2) is 35.7 Å². The Balaban J connectivity index is 1.68. The monoisotopic (exact) mass is 291 g/mol. The van der Waals surface area contributed by atoms with Gasteiger partial charge in [0.25, 0.3) is 0 Å². The molecule has 0 spiro atoms. The van der Waals surface area contributed by atoms with Gasteiger partial charge in [-0.15, -0.1) is 0 Å². The van der Waals surface area contributed by atoms with Crippen molar-refractivity contribution in [1.29, 1.82) is 0 Å². The van der Waals surface area contributed by atoms with Crippen LogP contribution in [0.1, 0.15) is 25.3 Å². The minimum absolute atomic E-state index is 0.400. The summed E-state index contributed by atoms with van der Waals surface area (Å²) < 4.78 is 6.94. The Labute approximate surface area is 123 Å². The van der Waals surface area contributed by atoms with E-state index in [2.05, 4.69) is 35.0 Å². The van der Waals surface area contributed by atoms with Gasteiger partial charge in [-0.1, -0.05) is 17.4 Å². The number of hydrogen-bond acceptors (Lipinski definition) is 5. The van der Waals surface area contributed by atoms with E-state index in [0.717, 1.165) is 31.8 Å². The van der Waals surface area contributed by atoms with Crippen molar-refractivity contribution in [2.24, 2.45) is 0 Å². The van der Waals surface area contributed by atoms with Crippen LogP contribution in [0.15, 0.2) is 18.2 Å². The number of nitrogens with two attached hydrogens (primary N) is 1. The Hall–Kier alpha value is -1.17. The third-order valence-electron chi connectivity index (χ3n) is 3.74. The number of fused-ring (bicyclic) bond motifs is 1. The zero-order valence-electron chi connectivity index (χ0n) is 11.8. The molecule has 2 heterocycles. The molecule has 1 unspecified atom stereocenters. The average molecular weight is 291 g/mol. The maximum absolute atomic E-state index is 5.76. The summed E-state index contributed by atoms with van der Waals surface area (Å²) in [7, 11) is 0. The maximum atomic E-state index is 5.76. The van der Waals surface area contributed by atoms with Crippen LogP contribution in [0.25, 0.3) is 10.2 Å². The number of piperidine rings is 1. The zero-order chi connectivity index (χ0) is 13.9. The predicted octanol–water partition coefficient (Wildman–Crippen LogP) is 2.88. The van der Waals surface area contributed by atoms with E-state index < -0.39 is 0 Å². The Morgan fingerprint density at radius 3 is 3.25 bits per heavy atom. The van der Waals surface area contributed by atoms with Gasteiger partial charge in [-0.3, -0.25) is 4.90 Å². The second-order valence-electron chi connectivity index (χ2n) is 5.31. The van der Waals surface area contributed by atoms with Gasteiger partial charge in [0.2, 0.25) is 0 Å². The molecular weight excluding hydrogens is 270 g/mol. The lowest BCUT2D eigenvalue weighted by molar-refractivity contribution is 0.00364. The van der Waals surface area contributed by atoms with Gasteiger partial charge in [0.15, 0.2) is 5.13 Å². The van der Waals surface area contributed by atoms with Crippen molar-refractivity contribution in [3.63, 3.8) is 0 Å². The first kappa shape index (κ1) is 13.8. The molecule has 0 aliphatic carbocycles. The van der Waals surface area contributed by atoms with Gasteiger partial charge >= 0.3 is 0 Å². The van der Waals surface area contributed by atoms with Gasteiger partial charge in [-0.2, -0.15) is 0 Å². The Kier molecular flexibility index (Phi) is 4.19. The summed E-state index contributed by atoms with van der Waals surface area (Å²) in [5.41, 5.74) is 8.09. The smallest absolute Gasteiger partial charge is 0.181 e. The van der Waals surface area contributed by atoms with E-state index in [1.54, 1.807) is 11.3 Å². The molecule has 1 aromatic heterocycles. The Morgan fingerprint density at radius 1 is 1.50 bits per heavy atom. The largest absolute Gasteiger partial charge is 0.377 e. The van der Waals surface area contributed by atoms with E-state index >= 15 is 0 Å². The lowest BCUT2D eigenvalue weighted by Crippen LogP contribution is -2.39. The highest BCUT2D eigenvalue weighted by atomic mass is 32.1. The number of hydrogen-bond donors (Lipinski definition) is 1. The van der Waals surface area contributed by atoms with Crippen molar-refractivity contribution in [2.45, 2.75) is 32.4 Å². The molecule has 1 saturated heterocycles. The SMILES string of the molecule is CCOC1CCCN(Cc2ccc3nc(N)sc3c2)C1. The van der Waals surface area contributed by atoms with Crippen molar-refractivity contribution in [2.75, 3.05) is 25.4 Å². The molecule has 0 saturated carbocycles.